The van der Waals surface area contributed by atoms with Gasteiger partial charge in [-0.25, -0.2) is 0 Å². The number of nitrogens with zero attached hydrogens (tertiary/aromatic N) is 1. The molecule has 1 saturated carbocycles. The van der Waals surface area contributed by atoms with Gasteiger partial charge in [-0.3, -0.25) is 0 Å². The minimum atomic E-state index is 0.802. The molecule has 112 valence electrons. The van der Waals surface area contributed by atoms with Gasteiger partial charge in [-0.05, 0) is 57.2 Å². The molecule has 1 saturated heterocycles. The van der Waals surface area contributed by atoms with E-state index in [2.05, 4.69) is 10.2 Å². The maximum atomic E-state index is 5.25. The third kappa shape index (κ3) is 5.80. The van der Waals surface area contributed by atoms with Crippen molar-refractivity contribution < 1.29 is 4.74 Å². The van der Waals surface area contributed by atoms with Crippen LogP contribution in [-0.4, -0.2) is 51.3 Å². The molecule has 2 aliphatic rings. The van der Waals surface area contributed by atoms with E-state index in [0.29, 0.717) is 0 Å². The minimum absolute atomic E-state index is 0.802. The van der Waals surface area contributed by atoms with Crippen molar-refractivity contribution in [2.45, 2.75) is 44.9 Å². The normalized spacial score (nSPS) is 23.8. The van der Waals surface area contributed by atoms with E-state index in [1.54, 1.807) is 0 Å². The summed E-state index contributed by atoms with van der Waals surface area (Å²) in [6.07, 6.45) is 9.92. The number of ether oxygens (including phenoxy) is 1. The van der Waals surface area contributed by atoms with Gasteiger partial charge in [0, 0.05) is 26.8 Å². The van der Waals surface area contributed by atoms with Crippen molar-refractivity contribution in [1.82, 2.24) is 10.2 Å². The monoisotopic (exact) mass is 268 g/mol. The fraction of sp³-hybridized carbons (Fsp3) is 1.00. The van der Waals surface area contributed by atoms with Crippen molar-refractivity contribution in [3.8, 4) is 0 Å². The Hall–Kier alpha value is -0.120. The van der Waals surface area contributed by atoms with Crippen LogP contribution in [0.4, 0.5) is 0 Å². The Morgan fingerprint density at radius 1 is 1.00 bits per heavy atom. The van der Waals surface area contributed by atoms with Crippen molar-refractivity contribution in [2.75, 3.05) is 46.4 Å². The molecule has 0 aromatic heterocycles. The van der Waals surface area contributed by atoms with Crippen LogP contribution in [0.2, 0.25) is 0 Å². The number of hydrogen-bond acceptors (Lipinski definition) is 3. The molecule has 1 aliphatic carbocycles. The second-order valence-corrected chi connectivity index (χ2v) is 6.45. The Labute approximate surface area is 119 Å². The second-order valence-electron chi connectivity index (χ2n) is 6.45. The van der Waals surface area contributed by atoms with Gasteiger partial charge in [0.2, 0.25) is 0 Å². The number of likely N-dealkylation sites (tertiary alicyclic amines) is 1. The van der Waals surface area contributed by atoms with E-state index < -0.39 is 0 Å². The van der Waals surface area contributed by atoms with Crippen LogP contribution in [0.15, 0.2) is 0 Å². The van der Waals surface area contributed by atoms with E-state index in [0.717, 1.165) is 18.4 Å². The van der Waals surface area contributed by atoms with Crippen LogP contribution < -0.4 is 5.32 Å². The van der Waals surface area contributed by atoms with Crippen molar-refractivity contribution in [3.63, 3.8) is 0 Å². The predicted octanol–water partition coefficient (Wildman–Crippen LogP) is 2.51. The van der Waals surface area contributed by atoms with Crippen LogP contribution in [0.5, 0.6) is 0 Å². The highest BCUT2D eigenvalue weighted by molar-refractivity contribution is 4.73. The lowest BCUT2D eigenvalue weighted by atomic mass is 9.89. The third-order valence-electron chi connectivity index (χ3n) is 4.87. The van der Waals surface area contributed by atoms with Gasteiger partial charge in [-0.1, -0.05) is 19.3 Å². The standard InChI is InChI=1S/C16H32N2O/c1-19-14-16-7-10-18(11-8-16)12-9-17-13-15-5-3-2-4-6-15/h15-17H,2-14H2,1H3. The SMILES string of the molecule is COCC1CCN(CCNCC2CCCCC2)CC1. The smallest absolute Gasteiger partial charge is 0.0491 e. The summed E-state index contributed by atoms with van der Waals surface area (Å²) in [4.78, 5) is 2.61. The van der Waals surface area contributed by atoms with Crippen LogP contribution in [0.3, 0.4) is 0 Å². The largest absolute Gasteiger partial charge is 0.384 e. The van der Waals surface area contributed by atoms with Crippen molar-refractivity contribution in [2.24, 2.45) is 11.8 Å². The highest BCUT2D eigenvalue weighted by Crippen LogP contribution is 2.22. The van der Waals surface area contributed by atoms with E-state index in [9.17, 15) is 0 Å². The van der Waals surface area contributed by atoms with Gasteiger partial charge in [0.1, 0.15) is 0 Å². The van der Waals surface area contributed by atoms with E-state index in [-0.39, 0.29) is 0 Å². The minimum Gasteiger partial charge on any atom is -0.384 e. The second kappa shape index (κ2) is 8.93. The highest BCUT2D eigenvalue weighted by atomic mass is 16.5. The lowest BCUT2D eigenvalue weighted by Gasteiger charge is -2.31. The Balaban J connectivity index is 1.47. The topological polar surface area (TPSA) is 24.5 Å². The molecule has 3 heteroatoms. The molecule has 0 radical (unpaired) electrons. The molecule has 0 spiro atoms. The average molecular weight is 268 g/mol. The van der Waals surface area contributed by atoms with Crippen LogP contribution in [0, 0.1) is 11.8 Å². The summed E-state index contributed by atoms with van der Waals surface area (Å²) in [6, 6.07) is 0. The maximum Gasteiger partial charge on any atom is 0.0491 e. The van der Waals surface area contributed by atoms with Crippen LogP contribution >= 0.6 is 0 Å². The zero-order valence-electron chi connectivity index (χ0n) is 12.7. The molecular weight excluding hydrogens is 236 g/mol. The van der Waals surface area contributed by atoms with Gasteiger partial charge in [0.25, 0.3) is 0 Å². The van der Waals surface area contributed by atoms with Gasteiger partial charge in [0.15, 0.2) is 0 Å². The predicted molar refractivity (Wildman–Crippen MR) is 80.5 cm³/mol. The Kier molecular flexibility index (Phi) is 7.18. The molecule has 0 aromatic rings. The molecule has 2 rings (SSSR count). The summed E-state index contributed by atoms with van der Waals surface area (Å²) >= 11 is 0. The summed E-state index contributed by atoms with van der Waals surface area (Å²) < 4.78 is 5.25. The first-order valence-corrected chi connectivity index (χ1v) is 8.30. The van der Waals surface area contributed by atoms with Gasteiger partial charge in [-0.2, -0.15) is 0 Å². The first-order chi connectivity index (χ1) is 9.38. The molecule has 0 amide bonds. The summed E-state index contributed by atoms with van der Waals surface area (Å²) in [5.74, 6) is 1.76. The molecule has 19 heavy (non-hydrogen) atoms. The Morgan fingerprint density at radius 2 is 1.74 bits per heavy atom. The number of rotatable bonds is 7. The van der Waals surface area contributed by atoms with Crippen LogP contribution in [-0.2, 0) is 4.74 Å². The maximum absolute atomic E-state index is 5.25. The van der Waals surface area contributed by atoms with Crippen molar-refractivity contribution >= 4 is 0 Å². The third-order valence-corrected chi connectivity index (χ3v) is 4.87. The summed E-state index contributed by atoms with van der Waals surface area (Å²) in [6.45, 7) is 7.13. The Bertz CT molecular complexity index is 221. The lowest BCUT2D eigenvalue weighted by molar-refractivity contribution is 0.0997. The first kappa shape index (κ1) is 15.3. The summed E-state index contributed by atoms with van der Waals surface area (Å²) in [5.41, 5.74) is 0. The summed E-state index contributed by atoms with van der Waals surface area (Å²) in [7, 11) is 1.82. The molecular formula is C16H32N2O. The fourth-order valence-electron chi connectivity index (χ4n) is 3.55. The van der Waals surface area contributed by atoms with E-state index in [4.69, 9.17) is 4.74 Å². The number of piperidine rings is 1. The molecule has 1 heterocycles. The zero-order chi connectivity index (χ0) is 13.3. The van der Waals surface area contributed by atoms with Gasteiger partial charge >= 0.3 is 0 Å². The molecule has 0 bridgehead atoms. The highest BCUT2D eigenvalue weighted by Gasteiger charge is 2.18. The van der Waals surface area contributed by atoms with Gasteiger partial charge in [0.05, 0.1) is 0 Å². The lowest BCUT2D eigenvalue weighted by Crippen LogP contribution is -2.40. The Morgan fingerprint density at radius 3 is 2.42 bits per heavy atom. The molecule has 3 nitrogen and oxygen atoms in total. The van der Waals surface area contributed by atoms with E-state index in [1.807, 2.05) is 7.11 Å². The first-order valence-electron chi connectivity index (χ1n) is 8.30. The number of hydrogen-bond donors (Lipinski definition) is 1. The van der Waals surface area contributed by atoms with E-state index >= 15 is 0 Å². The average Bonchev–Trinajstić information content (AvgIpc) is 2.47. The molecule has 0 atom stereocenters. The number of nitrogens with one attached hydrogen (secondary N) is 1. The molecule has 1 aliphatic heterocycles. The fourth-order valence-corrected chi connectivity index (χ4v) is 3.55. The van der Waals surface area contributed by atoms with Gasteiger partial charge < -0.3 is 15.0 Å². The zero-order valence-corrected chi connectivity index (χ0v) is 12.7. The van der Waals surface area contributed by atoms with E-state index in [1.165, 1.54) is 77.7 Å². The molecule has 2 fully saturated rings. The molecule has 0 unspecified atom stereocenters. The quantitative estimate of drug-likeness (QED) is 0.718. The van der Waals surface area contributed by atoms with Crippen molar-refractivity contribution in [1.29, 1.82) is 0 Å². The summed E-state index contributed by atoms with van der Waals surface area (Å²) in [5, 5.41) is 3.67. The molecule has 1 N–H and O–H groups in total. The van der Waals surface area contributed by atoms with Crippen LogP contribution in [0.25, 0.3) is 0 Å². The molecule has 0 aromatic carbocycles. The van der Waals surface area contributed by atoms with Crippen molar-refractivity contribution in [3.05, 3.63) is 0 Å². The van der Waals surface area contributed by atoms with Crippen LogP contribution in [0.1, 0.15) is 44.9 Å². The number of methoxy groups -OCH3 is 1. The van der Waals surface area contributed by atoms with Gasteiger partial charge in [-0.15, -0.1) is 0 Å².